The van der Waals surface area contributed by atoms with E-state index >= 15 is 0 Å². The zero-order valence-electron chi connectivity index (χ0n) is 7.79. The highest BCUT2D eigenvalue weighted by atomic mass is 32.1. The van der Waals surface area contributed by atoms with Gasteiger partial charge in [0, 0.05) is 0 Å². The fourth-order valence-corrected chi connectivity index (χ4v) is 2.17. The smallest absolute Gasteiger partial charge is 0.0907 e. The Kier molecular flexibility index (Phi) is 1.93. The first-order valence-electron chi connectivity index (χ1n) is 4.20. The number of nitrogens with zero attached hydrogens (tertiary/aromatic N) is 1. The molecule has 0 spiro atoms. The van der Waals surface area contributed by atoms with Gasteiger partial charge in [0.05, 0.1) is 15.2 Å². The van der Waals surface area contributed by atoms with Crippen LogP contribution in [0.25, 0.3) is 15.8 Å². The first kappa shape index (κ1) is 8.45. The zero-order chi connectivity index (χ0) is 9.42. The lowest BCUT2D eigenvalue weighted by molar-refractivity contribution is 1.35. The van der Waals surface area contributed by atoms with Gasteiger partial charge in [0.1, 0.15) is 0 Å². The highest BCUT2D eigenvalue weighted by molar-refractivity contribution is 7.18. The Hall–Kier alpha value is -1.15. The van der Waals surface area contributed by atoms with Crippen molar-refractivity contribution in [2.75, 3.05) is 0 Å². The topological polar surface area (TPSA) is 12.9 Å². The molecule has 0 atom stereocenters. The number of rotatable bonds is 1. The third-order valence-corrected chi connectivity index (χ3v) is 2.92. The van der Waals surface area contributed by atoms with E-state index in [4.69, 9.17) is 0 Å². The van der Waals surface area contributed by atoms with E-state index in [2.05, 4.69) is 29.8 Å². The third-order valence-electron chi connectivity index (χ3n) is 1.99. The number of aromatic nitrogens is 1. The standard InChI is InChI=1S/C11H11NS/c1-7(2)9-4-5-10-11(6-9)13-8(3)12-10/h4-6H,1H2,2-3H3. The molecule has 0 amide bonds. The van der Waals surface area contributed by atoms with Gasteiger partial charge < -0.3 is 0 Å². The Morgan fingerprint density at radius 3 is 2.92 bits per heavy atom. The van der Waals surface area contributed by atoms with Crippen molar-refractivity contribution in [2.24, 2.45) is 0 Å². The lowest BCUT2D eigenvalue weighted by Gasteiger charge is -1.97. The third kappa shape index (κ3) is 1.49. The van der Waals surface area contributed by atoms with Crippen molar-refractivity contribution in [3.8, 4) is 0 Å². The fourth-order valence-electron chi connectivity index (χ4n) is 1.31. The second-order valence-corrected chi connectivity index (χ2v) is 4.43. The van der Waals surface area contributed by atoms with Crippen molar-refractivity contribution in [2.45, 2.75) is 13.8 Å². The molecular formula is C11H11NS. The average Bonchev–Trinajstić information content (AvgIpc) is 2.42. The summed E-state index contributed by atoms with van der Waals surface area (Å²) in [6.45, 7) is 7.98. The first-order chi connectivity index (χ1) is 6.16. The van der Waals surface area contributed by atoms with Gasteiger partial charge in [-0.25, -0.2) is 4.98 Å². The molecular weight excluding hydrogens is 178 g/mol. The van der Waals surface area contributed by atoms with Gasteiger partial charge >= 0.3 is 0 Å². The lowest BCUT2D eigenvalue weighted by atomic mass is 10.1. The highest BCUT2D eigenvalue weighted by Gasteiger charge is 2.01. The molecule has 0 unspecified atom stereocenters. The molecule has 0 aliphatic heterocycles. The summed E-state index contributed by atoms with van der Waals surface area (Å²) in [5.74, 6) is 0. The van der Waals surface area contributed by atoms with E-state index in [0.717, 1.165) is 16.1 Å². The lowest BCUT2D eigenvalue weighted by Crippen LogP contribution is -1.76. The van der Waals surface area contributed by atoms with E-state index in [1.54, 1.807) is 11.3 Å². The predicted octanol–water partition coefficient (Wildman–Crippen LogP) is 3.64. The fraction of sp³-hybridized carbons (Fsp3) is 0.182. The number of benzene rings is 1. The molecule has 13 heavy (non-hydrogen) atoms. The molecule has 2 heteroatoms. The zero-order valence-corrected chi connectivity index (χ0v) is 8.61. The molecule has 0 saturated carbocycles. The van der Waals surface area contributed by atoms with Crippen LogP contribution in [0, 0.1) is 6.92 Å². The second kappa shape index (κ2) is 2.96. The van der Waals surface area contributed by atoms with Gasteiger partial charge in [-0.1, -0.05) is 18.2 Å². The average molecular weight is 189 g/mol. The van der Waals surface area contributed by atoms with E-state index in [-0.39, 0.29) is 0 Å². The van der Waals surface area contributed by atoms with E-state index in [9.17, 15) is 0 Å². The molecule has 0 saturated heterocycles. The Morgan fingerprint density at radius 1 is 1.46 bits per heavy atom. The molecule has 2 rings (SSSR count). The quantitative estimate of drug-likeness (QED) is 0.667. The van der Waals surface area contributed by atoms with Crippen molar-refractivity contribution in [3.63, 3.8) is 0 Å². The molecule has 2 aromatic rings. The number of hydrogen-bond donors (Lipinski definition) is 0. The molecule has 0 radical (unpaired) electrons. The van der Waals surface area contributed by atoms with Crippen molar-refractivity contribution < 1.29 is 0 Å². The summed E-state index contributed by atoms with van der Waals surface area (Å²) >= 11 is 1.73. The minimum atomic E-state index is 1.09. The van der Waals surface area contributed by atoms with Gasteiger partial charge in [-0.2, -0.15) is 0 Å². The summed E-state index contributed by atoms with van der Waals surface area (Å²) in [6.07, 6.45) is 0. The van der Waals surface area contributed by atoms with Gasteiger partial charge in [-0.3, -0.25) is 0 Å². The van der Waals surface area contributed by atoms with E-state index in [1.165, 1.54) is 10.3 Å². The summed E-state index contributed by atoms with van der Waals surface area (Å²) in [4.78, 5) is 4.40. The van der Waals surface area contributed by atoms with Gasteiger partial charge in [0.15, 0.2) is 0 Å². The molecule has 0 N–H and O–H groups in total. The molecule has 66 valence electrons. The van der Waals surface area contributed by atoms with Crippen LogP contribution in [-0.4, -0.2) is 4.98 Å². The Bertz CT molecular complexity index is 468. The van der Waals surface area contributed by atoms with Crippen LogP contribution in [0.1, 0.15) is 17.5 Å². The van der Waals surface area contributed by atoms with E-state index in [1.807, 2.05) is 13.8 Å². The predicted molar refractivity (Wildman–Crippen MR) is 59.1 cm³/mol. The molecule has 1 nitrogen and oxygen atoms in total. The van der Waals surface area contributed by atoms with Crippen LogP contribution in [0.4, 0.5) is 0 Å². The van der Waals surface area contributed by atoms with Crippen LogP contribution >= 0.6 is 11.3 Å². The molecule has 1 heterocycles. The van der Waals surface area contributed by atoms with Crippen molar-refractivity contribution >= 4 is 27.1 Å². The summed E-state index contributed by atoms with van der Waals surface area (Å²) in [6, 6.07) is 6.29. The second-order valence-electron chi connectivity index (χ2n) is 3.20. The van der Waals surface area contributed by atoms with Gasteiger partial charge in [0.2, 0.25) is 0 Å². The van der Waals surface area contributed by atoms with Crippen molar-refractivity contribution in [1.82, 2.24) is 4.98 Å². The minimum Gasteiger partial charge on any atom is -0.242 e. The van der Waals surface area contributed by atoms with Gasteiger partial charge in [-0.05, 0) is 31.5 Å². The maximum Gasteiger partial charge on any atom is 0.0907 e. The van der Waals surface area contributed by atoms with Gasteiger partial charge in [0.25, 0.3) is 0 Å². The summed E-state index contributed by atoms with van der Waals surface area (Å²) in [5, 5.41) is 1.12. The maximum atomic E-state index is 4.40. The summed E-state index contributed by atoms with van der Waals surface area (Å²) in [5.41, 5.74) is 3.40. The Morgan fingerprint density at radius 2 is 2.23 bits per heavy atom. The summed E-state index contributed by atoms with van der Waals surface area (Å²) in [7, 11) is 0. The Labute approximate surface area is 81.7 Å². The molecule has 0 aliphatic rings. The van der Waals surface area contributed by atoms with Crippen LogP contribution in [0.3, 0.4) is 0 Å². The number of allylic oxidation sites excluding steroid dienone is 1. The van der Waals surface area contributed by atoms with Crippen LogP contribution in [-0.2, 0) is 0 Å². The highest BCUT2D eigenvalue weighted by Crippen LogP contribution is 2.24. The number of hydrogen-bond acceptors (Lipinski definition) is 2. The molecule has 0 bridgehead atoms. The molecule has 0 fully saturated rings. The number of aryl methyl sites for hydroxylation is 1. The van der Waals surface area contributed by atoms with Crippen LogP contribution in [0.2, 0.25) is 0 Å². The molecule has 1 aromatic heterocycles. The maximum absolute atomic E-state index is 4.40. The monoisotopic (exact) mass is 189 g/mol. The minimum absolute atomic E-state index is 1.09. The molecule has 1 aromatic carbocycles. The molecule has 0 aliphatic carbocycles. The number of fused-ring (bicyclic) bond motifs is 1. The number of thiazole rings is 1. The van der Waals surface area contributed by atoms with E-state index < -0.39 is 0 Å². The SMILES string of the molecule is C=C(C)c1ccc2nc(C)sc2c1. The van der Waals surface area contributed by atoms with Crippen LogP contribution in [0.5, 0.6) is 0 Å². The normalized spacial score (nSPS) is 10.6. The van der Waals surface area contributed by atoms with E-state index in [0.29, 0.717) is 0 Å². The van der Waals surface area contributed by atoms with Crippen LogP contribution in [0.15, 0.2) is 24.8 Å². The van der Waals surface area contributed by atoms with Gasteiger partial charge in [-0.15, -0.1) is 11.3 Å². The van der Waals surface area contributed by atoms with Crippen molar-refractivity contribution in [1.29, 1.82) is 0 Å². The largest absolute Gasteiger partial charge is 0.242 e. The first-order valence-corrected chi connectivity index (χ1v) is 5.01. The Balaban J connectivity index is 2.67. The van der Waals surface area contributed by atoms with Crippen LogP contribution < -0.4 is 0 Å². The summed E-state index contributed by atoms with van der Waals surface area (Å²) < 4.78 is 1.25. The van der Waals surface area contributed by atoms with Crippen molar-refractivity contribution in [3.05, 3.63) is 35.3 Å².